The summed E-state index contributed by atoms with van der Waals surface area (Å²) >= 11 is 0. The molecule has 5 aromatic rings. The van der Waals surface area contributed by atoms with E-state index in [9.17, 15) is 0 Å². The Labute approximate surface area is 175 Å². The quantitative estimate of drug-likeness (QED) is 0.350. The van der Waals surface area contributed by atoms with Gasteiger partial charge in [0.25, 0.3) is 0 Å². The van der Waals surface area contributed by atoms with Crippen molar-refractivity contribution in [3.63, 3.8) is 0 Å². The van der Waals surface area contributed by atoms with Crippen LogP contribution < -0.4 is 5.73 Å². The third-order valence-electron chi connectivity index (χ3n) is 5.50. The van der Waals surface area contributed by atoms with Crippen LogP contribution in [0.5, 0.6) is 0 Å². The van der Waals surface area contributed by atoms with Gasteiger partial charge in [-0.15, -0.1) is 0 Å². The molecule has 0 aliphatic rings. The molecule has 4 aromatic carbocycles. The van der Waals surface area contributed by atoms with Crippen LogP contribution >= 0.6 is 0 Å². The van der Waals surface area contributed by atoms with Gasteiger partial charge in [0.15, 0.2) is 0 Å². The largest absolute Gasteiger partial charge is 0.384 e. The SMILES string of the molecule is N=C(c1ccc(-c2cccc3ccccc23)cc1)c1ccn(-c2ccccc2)c1N. The molecule has 1 aromatic heterocycles. The van der Waals surface area contributed by atoms with Crippen LogP contribution in [0, 0.1) is 5.41 Å². The van der Waals surface area contributed by atoms with Crippen molar-refractivity contribution in [1.29, 1.82) is 5.41 Å². The highest BCUT2D eigenvalue weighted by Crippen LogP contribution is 2.29. The molecule has 0 spiro atoms. The predicted octanol–water partition coefficient (Wildman–Crippen LogP) is 6.30. The third kappa shape index (κ3) is 3.07. The Morgan fingerprint density at radius 1 is 0.700 bits per heavy atom. The van der Waals surface area contributed by atoms with Crippen molar-refractivity contribution in [3.05, 3.63) is 120 Å². The van der Waals surface area contributed by atoms with Gasteiger partial charge in [-0.2, -0.15) is 0 Å². The van der Waals surface area contributed by atoms with E-state index in [0.717, 1.165) is 22.4 Å². The number of nitrogen functional groups attached to an aromatic ring is 1. The van der Waals surface area contributed by atoms with Crippen molar-refractivity contribution in [2.24, 2.45) is 0 Å². The number of nitrogens with two attached hydrogens (primary N) is 1. The van der Waals surface area contributed by atoms with Crippen LogP contribution in [-0.4, -0.2) is 10.3 Å². The van der Waals surface area contributed by atoms with Gasteiger partial charge in [0.05, 0.1) is 5.71 Å². The highest BCUT2D eigenvalue weighted by molar-refractivity contribution is 6.14. The van der Waals surface area contributed by atoms with Crippen LogP contribution in [0.15, 0.2) is 109 Å². The Balaban J connectivity index is 1.48. The summed E-state index contributed by atoms with van der Waals surface area (Å²) < 4.78 is 1.91. The summed E-state index contributed by atoms with van der Waals surface area (Å²) in [5, 5.41) is 11.2. The lowest BCUT2D eigenvalue weighted by Gasteiger charge is -2.10. The Kier molecular flexibility index (Phi) is 4.41. The van der Waals surface area contributed by atoms with Crippen molar-refractivity contribution >= 4 is 22.3 Å². The lowest BCUT2D eigenvalue weighted by Crippen LogP contribution is -2.06. The second kappa shape index (κ2) is 7.37. The van der Waals surface area contributed by atoms with Crippen LogP contribution in [0.1, 0.15) is 11.1 Å². The van der Waals surface area contributed by atoms with E-state index in [2.05, 4.69) is 54.6 Å². The molecule has 0 bridgehead atoms. The maximum absolute atomic E-state index is 8.70. The molecule has 0 atom stereocenters. The molecule has 3 N–H and O–H groups in total. The Bertz CT molecular complexity index is 1340. The van der Waals surface area contributed by atoms with Crippen LogP contribution in [0.2, 0.25) is 0 Å². The highest BCUT2D eigenvalue weighted by atomic mass is 15.0. The first-order chi connectivity index (χ1) is 14.7. The first-order valence-electron chi connectivity index (χ1n) is 9.92. The third-order valence-corrected chi connectivity index (χ3v) is 5.50. The van der Waals surface area contributed by atoms with Crippen molar-refractivity contribution in [3.8, 4) is 16.8 Å². The zero-order chi connectivity index (χ0) is 20.5. The number of aromatic nitrogens is 1. The molecule has 0 aliphatic heterocycles. The summed E-state index contributed by atoms with van der Waals surface area (Å²) in [4.78, 5) is 0. The number of nitrogens with zero attached hydrogens (tertiary/aromatic N) is 1. The first-order valence-corrected chi connectivity index (χ1v) is 9.92. The topological polar surface area (TPSA) is 54.8 Å². The van der Waals surface area contributed by atoms with Crippen LogP contribution in [-0.2, 0) is 0 Å². The lowest BCUT2D eigenvalue weighted by molar-refractivity contribution is 1.09. The molecular weight excluding hydrogens is 366 g/mol. The lowest BCUT2D eigenvalue weighted by atomic mass is 9.96. The van der Waals surface area contributed by atoms with Gasteiger partial charge < -0.3 is 10.3 Å². The number of para-hydroxylation sites is 1. The smallest absolute Gasteiger partial charge is 0.117 e. The van der Waals surface area contributed by atoms with Gasteiger partial charge in [0.2, 0.25) is 0 Å². The van der Waals surface area contributed by atoms with E-state index >= 15 is 0 Å². The van der Waals surface area contributed by atoms with Crippen molar-refractivity contribution < 1.29 is 0 Å². The normalized spacial score (nSPS) is 10.9. The Morgan fingerprint density at radius 2 is 1.40 bits per heavy atom. The average Bonchev–Trinajstić information content (AvgIpc) is 3.20. The van der Waals surface area contributed by atoms with E-state index in [1.807, 2.05) is 59.3 Å². The molecule has 1 heterocycles. The molecule has 3 heteroatoms. The number of rotatable bonds is 4. The Hall–Kier alpha value is -4.11. The van der Waals surface area contributed by atoms with Crippen molar-refractivity contribution in [2.45, 2.75) is 0 Å². The zero-order valence-corrected chi connectivity index (χ0v) is 16.4. The van der Waals surface area contributed by atoms with E-state index in [1.165, 1.54) is 16.3 Å². The van der Waals surface area contributed by atoms with E-state index < -0.39 is 0 Å². The van der Waals surface area contributed by atoms with Crippen LogP contribution in [0.3, 0.4) is 0 Å². The van der Waals surface area contributed by atoms with Gasteiger partial charge >= 0.3 is 0 Å². The fraction of sp³-hybridized carbons (Fsp3) is 0. The molecule has 144 valence electrons. The Morgan fingerprint density at radius 3 is 2.20 bits per heavy atom. The molecule has 30 heavy (non-hydrogen) atoms. The maximum atomic E-state index is 8.70. The molecule has 0 aliphatic carbocycles. The summed E-state index contributed by atoms with van der Waals surface area (Å²) in [6.45, 7) is 0. The predicted molar refractivity (Wildman–Crippen MR) is 125 cm³/mol. The van der Waals surface area contributed by atoms with Crippen molar-refractivity contribution in [1.82, 2.24) is 4.57 Å². The number of fused-ring (bicyclic) bond motifs is 1. The van der Waals surface area contributed by atoms with Crippen molar-refractivity contribution in [2.75, 3.05) is 5.73 Å². The van der Waals surface area contributed by atoms with Crippen LogP contribution in [0.25, 0.3) is 27.6 Å². The molecule has 0 saturated heterocycles. The van der Waals surface area contributed by atoms with Gasteiger partial charge in [0.1, 0.15) is 5.82 Å². The minimum Gasteiger partial charge on any atom is -0.384 e. The molecule has 5 rings (SSSR count). The van der Waals surface area contributed by atoms with Crippen LogP contribution in [0.4, 0.5) is 5.82 Å². The second-order valence-corrected chi connectivity index (χ2v) is 7.30. The highest BCUT2D eigenvalue weighted by Gasteiger charge is 2.14. The number of hydrogen-bond acceptors (Lipinski definition) is 2. The minimum atomic E-state index is 0.423. The monoisotopic (exact) mass is 387 g/mol. The second-order valence-electron chi connectivity index (χ2n) is 7.30. The number of benzene rings is 4. The van der Waals surface area contributed by atoms with E-state index in [0.29, 0.717) is 11.5 Å². The average molecular weight is 387 g/mol. The molecule has 0 radical (unpaired) electrons. The summed E-state index contributed by atoms with van der Waals surface area (Å²) in [6, 6.07) is 34.7. The summed E-state index contributed by atoms with van der Waals surface area (Å²) in [5.74, 6) is 0.573. The summed E-state index contributed by atoms with van der Waals surface area (Å²) in [6.07, 6.45) is 1.92. The molecular formula is C27H21N3. The van der Waals surface area contributed by atoms with Gasteiger partial charge in [-0.1, -0.05) is 84.9 Å². The number of anilines is 1. The fourth-order valence-corrected chi connectivity index (χ4v) is 3.92. The summed E-state index contributed by atoms with van der Waals surface area (Å²) in [5.41, 5.74) is 11.7. The number of hydrogen-bond donors (Lipinski definition) is 2. The fourth-order valence-electron chi connectivity index (χ4n) is 3.92. The van der Waals surface area contributed by atoms with Gasteiger partial charge in [-0.3, -0.25) is 5.41 Å². The molecule has 0 saturated carbocycles. The standard InChI is InChI=1S/C27H21N3/c28-26(25-17-18-30(27(25)29)22-9-2-1-3-10-22)21-15-13-20(14-16-21)24-12-6-8-19-7-4-5-11-23(19)24/h1-18,28H,29H2. The molecule has 0 unspecified atom stereocenters. The van der Waals surface area contributed by atoms with E-state index in [4.69, 9.17) is 11.1 Å². The van der Waals surface area contributed by atoms with E-state index in [1.54, 1.807) is 0 Å². The van der Waals surface area contributed by atoms with Gasteiger partial charge in [0, 0.05) is 23.0 Å². The van der Waals surface area contributed by atoms with Gasteiger partial charge in [-0.25, -0.2) is 0 Å². The first kappa shape index (κ1) is 18.0. The number of nitrogens with one attached hydrogen (secondary N) is 1. The maximum Gasteiger partial charge on any atom is 0.117 e. The summed E-state index contributed by atoms with van der Waals surface area (Å²) in [7, 11) is 0. The molecule has 0 fully saturated rings. The van der Waals surface area contributed by atoms with E-state index in [-0.39, 0.29) is 0 Å². The zero-order valence-electron chi connectivity index (χ0n) is 16.4. The minimum absolute atomic E-state index is 0.423. The molecule has 0 amide bonds. The van der Waals surface area contributed by atoms with Gasteiger partial charge in [-0.05, 0) is 40.1 Å². The molecule has 3 nitrogen and oxygen atoms in total.